The lowest BCUT2D eigenvalue weighted by molar-refractivity contribution is -0.115. The van der Waals surface area contributed by atoms with Crippen LogP contribution in [0.1, 0.15) is 5.56 Å². The number of carbonyl (C=O) groups excluding carboxylic acids is 1. The Balaban J connectivity index is 1.51. The lowest BCUT2D eigenvalue weighted by atomic mass is 10.1. The quantitative estimate of drug-likeness (QED) is 0.898. The van der Waals surface area contributed by atoms with Crippen molar-refractivity contribution < 1.29 is 14.3 Å². The summed E-state index contributed by atoms with van der Waals surface area (Å²) in [6.07, 6.45) is 0.731. The van der Waals surface area contributed by atoms with E-state index in [1.807, 2.05) is 18.2 Å². The molecule has 0 aromatic heterocycles. The molecule has 0 aliphatic carbocycles. The zero-order valence-electron chi connectivity index (χ0n) is 12.2. The Bertz CT molecular complexity index is 755. The third kappa shape index (κ3) is 2.86. The number of amides is 1. The number of hydrogen-bond acceptors (Lipinski definition) is 4. The fraction of sp³-hybridized carbons (Fsp3) is 0.235. The Labute approximate surface area is 143 Å². The number of anilines is 1. The van der Waals surface area contributed by atoms with Crippen molar-refractivity contribution in [3.8, 4) is 11.5 Å². The van der Waals surface area contributed by atoms with E-state index in [0.717, 1.165) is 6.42 Å². The molecule has 1 N–H and O–H groups in total. The van der Waals surface area contributed by atoms with Crippen molar-refractivity contribution in [3.63, 3.8) is 0 Å². The van der Waals surface area contributed by atoms with Gasteiger partial charge >= 0.3 is 0 Å². The molecule has 2 aliphatic rings. The van der Waals surface area contributed by atoms with Crippen LogP contribution in [0.5, 0.6) is 11.5 Å². The van der Waals surface area contributed by atoms with Crippen LogP contribution in [0, 0.1) is 0 Å². The van der Waals surface area contributed by atoms with E-state index in [4.69, 9.17) is 21.1 Å². The molecular weight excluding hydrogens is 334 g/mol. The first-order chi connectivity index (χ1) is 11.2. The van der Waals surface area contributed by atoms with Gasteiger partial charge in [-0.3, -0.25) is 4.79 Å². The number of thioether (sulfide) groups is 1. The highest BCUT2D eigenvalue weighted by Crippen LogP contribution is 2.40. The monoisotopic (exact) mass is 347 g/mol. The maximum Gasteiger partial charge on any atom is 0.238 e. The van der Waals surface area contributed by atoms with Gasteiger partial charge in [-0.2, -0.15) is 0 Å². The Morgan fingerprint density at radius 1 is 1.17 bits per heavy atom. The smallest absolute Gasteiger partial charge is 0.238 e. The van der Waals surface area contributed by atoms with Gasteiger partial charge < -0.3 is 14.8 Å². The molecule has 2 aromatic carbocycles. The number of carbonyl (C=O) groups is 1. The zero-order valence-corrected chi connectivity index (χ0v) is 13.7. The molecule has 2 aromatic rings. The van der Waals surface area contributed by atoms with Crippen molar-refractivity contribution >= 4 is 35.0 Å². The van der Waals surface area contributed by atoms with Gasteiger partial charge in [-0.05, 0) is 18.1 Å². The average molecular weight is 348 g/mol. The topological polar surface area (TPSA) is 47.6 Å². The third-order valence-electron chi connectivity index (χ3n) is 3.83. The maximum absolute atomic E-state index is 12.5. The number of rotatable bonds is 2. The highest BCUT2D eigenvalue weighted by Gasteiger charge is 2.28. The summed E-state index contributed by atoms with van der Waals surface area (Å²) in [6.45, 7) is 1.00. The molecule has 118 valence electrons. The first-order valence-electron chi connectivity index (χ1n) is 7.35. The van der Waals surface area contributed by atoms with Gasteiger partial charge in [0.25, 0.3) is 0 Å². The fourth-order valence-electron chi connectivity index (χ4n) is 2.70. The van der Waals surface area contributed by atoms with Gasteiger partial charge in [-0.25, -0.2) is 0 Å². The lowest BCUT2D eigenvalue weighted by Gasteiger charge is -2.20. The van der Waals surface area contributed by atoms with Crippen LogP contribution in [0.2, 0.25) is 5.02 Å². The van der Waals surface area contributed by atoms with Gasteiger partial charge in [-0.15, -0.1) is 11.8 Å². The second-order valence-electron chi connectivity index (χ2n) is 5.38. The van der Waals surface area contributed by atoms with Crippen molar-refractivity contribution in [2.24, 2.45) is 0 Å². The number of hydrogen-bond donors (Lipinski definition) is 1. The molecule has 0 saturated heterocycles. The first-order valence-corrected chi connectivity index (χ1v) is 8.61. The predicted octanol–water partition coefficient (Wildman–Crippen LogP) is 3.77. The molecule has 1 atom stereocenters. The molecule has 2 aliphatic heterocycles. The number of ether oxygens (including phenoxy) is 2. The molecule has 0 fully saturated rings. The maximum atomic E-state index is 12.5. The van der Waals surface area contributed by atoms with Crippen LogP contribution in [0.25, 0.3) is 0 Å². The van der Waals surface area contributed by atoms with E-state index in [1.54, 1.807) is 23.9 Å². The lowest BCUT2D eigenvalue weighted by Crippen LogP contribution is -2.25. The molecule has 0 bridgehead atoms. The number of halogens is 1. The standard InChI is InChI=1S/C17H14ClNO3S/c18-11-8-13-14(22-6-5-21-13)9-12(11)19-17(20)16-7-10-3-1-2-4-15(10)23-16/h1-4,8-9,16H,5-7H2,(H,19,20). The molecule has 2 heterocycles. The van der Waals surface area contributed by atoms with Crippen LogP contribution in [0.3, 0.4) is 0 Å². The van der Waals surface area contributed by atoms with Crippen LogP contribution in [-0.2, 0) is 11.2 Å². The van der Waals surface area contributed by atoms with E-state index in [-0.39, 0.29) is 11.2 Å². The first kappa shape index (κ1) is 14.7. The van der Waals surface area contributed by atoms with Crippen LogP contribution < -0.4 is 14.8 Å². The summed E-state index contributed by atoms with van der Waals surface area (Å²) in [5.41, 5.74) is 1.77. The van der Waals surface area contributed by atoms with Gasteiger partial charge in [0, 0.05) is 17.0 Å². The summed E-state index contributed by atoms with van der Waals surface area (Å²) in [7, 11) is 0. The van der Waals surface area contributed by atoms with E-state index >= 15 is 0 Å². The van der Waals surface area contributed by atoms with E-state index in [9.17, 15) is 4.79 Å². The molecule has 4 nitrogen and oxygen atoms in total. The van der Waals surface area contributed by atoms with Crippen molar-refractivity contribution in [2.75, 3.05) is 18.5 Å². The van der Waals surface area contributed by atoms with Crippen LogP contribution in [0.15, 0.2) is 41.3 Å². The van der Waals surface area contributed by atoms with Crippen molar-refractivity contribution in [2.45, 2.75) is 16.6 Å². The highest BCUT2D eigenvalue weighted by molar-refractivity contribution is 8.01. The summed E-state index contributed by atoms with van der Waals surface area (Å²) >= 11 is 7.83. The Morgan fingerprint density at radius 3 is 2.70 bits per heavy atom. The van der Waals surface area contributed by atoms with Gasteiger partial charge in [0.1, 0.15) is 13.2 Å². The molecular formula is C17H14ClNO3S. The highest BCUT2D eigenvalue weighted by atomic mass is 35.5. The molecule has 0 spiro atoms. The van der Waals surface area contributed by atoms with Crippen LogP contribution >= 0.6 is 23.4 Å². The van der Waals surface area contributed by atoms with Gasteiger partial charge in [0.15, 0.2) is 11.5 Å². The minimum atomic E-state index is -0.142. The number of nitrogens with one attached hydrogen (secondary N) is 1. The van der Waals surface area contributed by atoms with Gasteiger partial charge in [-0.1, -0.05) is 29.8 Å². The number of benzene rings is 2. The minimum Gasteiger partial charge on any atom is -0.486 e. The summed E-state index contributed by atoms with van der Waals surface area (Å²) in [5, 5.41) is 3.22. The predicted molar refractivity (Wildman–Crippen MR) is 90.9 cm³/mol. The average Bonchev–Trinajstić information content (AvgIpc) is 3.00. The van der Waals surface area contributed by atoms with E-state index < -0.39 is 0 Å². The normalized spacial score (nSPS) is 18.4. The van der Waals surface area contributed by atoms with Crippen molar-refractivity contribution in [3.05, 3.63) is 47.0 Å². The molecule has 1 unspecified atom stereocenters. The fourth-order valence-corrected chi connectivity index (χ4v) is 4.10. The van der Waals surface area contributed by atoms with Crippen LogP contribution in [-0.4, -0.2) is 24.4 Å². The van der Waals surface area contributed by atoms with Crippen LogP contribution in [0.4, 0.5) is 5.69 Å². The van der Waals surface area contributed by atoms with Crippen molar-refractivity contribution in [1.29, 1.82) is 0 Å². The molecule has 0 radical (unpaired) electrons. The van der Waals surface area contributed by atoms with E-state index in [0.29, 0.717) is 35.4 Å². The largest absolute Gasteiger partial charge is 0.486 e. The molecule has 6 heteroatoms. The Hall–Kier alpha value is -1.85. The summed E-state index contributed by atoms with van der Waals surface area (Å²) in [5.74, 6) is 1.17. The third-order valence-corrected chi connectivity index (χ3v) is 5.46. The second-order valence-corrected chi connectivity index (χ2v) is 7.04. The second kappa shape index (κ2) is 5.98. The van der Waals surface area contributed by atoms with Gasteiger partial charge in [0.05, 0.1) is 16.0 Å². The Morgan fingerprint density at radius 2 is 1.91 bits per heavy atom. The van der Waals surface area contributed by atoms with Crippen molar-refractivity contribution in [1.82, 2.24) is 0 Å². The van der Waals surface area contributed by atoms with E-state index in [2.05, 4.69) is 11.4 Å². The SMILES string of the molecule is O=C(Nc1cc2c(cc1Cl)OCCO2)C1Cc2ccccc2S1. The molecule has 23 heavy (non-hydrogen) atoms. The molecule has 4 rings (SSSR count). The number of fused-ring (bicyclic) bond motifs is 2. The molecule has 1 amide bonds. The summed E-state index contributed by atoms with van der Waals surface area (Å²) in [6, 6.07) is 11.5. The zero-order chi connectivity index (χ0) is 15.8. The van der Waals surface area contributed by atoms with Gasteiger partial charge in [0.2, 0.25) is 5.91 Å². The summed E-state index contributed by atoms with van der Waals surface area (Å²) in [4.78, 5) is 13.7. The summed E-state index contributed by atoms with van der Waals surface area (Å²) < 4.78 is 11.0. The van der Waals surface area contributed by atoms with E-state index in [1.165, 1.54) is 10.5 Å². The minimum absolute atomic E-state index is 0.0511. The molecule has 0 saturated carbocycles. The Kier molecular flexibility index (Phi) is 3.83.